The van der Waals surface area contributed by atoms with Gasteiger partial charge in [0.05, 0.1) is 17.4 Å². The molecule has 0 amide bonds. The summed E-state index contributed by atoms with van der Waals surface area (Å²) >= 11 is 1.57. The van der Waals surface area contributed by atoms with Crippen LogP contribution in [0.25, 0.3) is 0 Å². The molecule has 0 unspecified atom stereocenters. The van der Waals surface area contributed by atoms with E-state index in [2.05, 4.69) is 0 Å². The maximum Gasteiger partial charge on any atom is 0.314 e. The van der Waals surface area contributed by atoms with E-state index in [1.165, 1.54) is 0 Å². The van der Waals surface area contributed by atoms with Gasteiger partial charge in [0, 0.05) is 0 Å². The van der Waals surface area contributed by atoms with E-state index in [-0.39, 0.29) is 0 Å². The number of carboxylic acid groups (broad SMARTS) is 1. The van der Waals surface area contributed by atoms with Gasteiger partial charge in [-0.1, -0.05) is 31.4 Å². The highest BCUT2D eigenvalue weighted by Gasteiger charge is 2.43. The summed E-state index contributed by atoms with van der Waals surface area (Å²) in [5, 5.41) is 9.78. The van der Waals surface area contributed by atoms with Gasteiger partial charge in [-0.05, 0) is 30.7 Å². The molecule has 0 radical (unpaired) electrons. The van der Waals surface area contributed by atoms with Crippen LogP contribution < -0.4 is 4.74 Å². The lowest BCUT2D eigenvalue weighted by Crippen LogP contribution is -2.38. The summed E-state index contributed by atoms with van der Waals surface area (Å²) in [6.45, 7) is 0. The summed E-state index contributed by atoms with van der Waals surface area (Å²) in [5.41, 5.74) is 0.192. The van der Waals surface area contributed by atoms with Crippen LogP contribution in [0.3, 0.4) is 0 Å². The van der Waals surface area contributed by atoms with Crippen molar-refractivity contribution >= 4 is 17.7 Å². The van der Waals surface area contributed by atoms with E-state index >= 15 is 0 Å². The van der Waals surface area contributed by atoms with Crippen LogP contribution in [0.5, 0.6) is 5.75 Å². The van der Waals surface area contributed by atoms with Crippen molar-refractivity contribution in [2.24, 2.45) is 0 Å². The van der Waals surface area contributed by atoms with Crippen LogP contribution >= 0.6 is 11.8 Å². The fourth-order valence-corrected chi connectivity index (χ4v) is 3.85. The van der Waals surface area contributed by atoms with Gasteiger partial charge >= 0.3 is 5.97 Å². The quantitative estimate of drug-likeness (QED) is 0.854. The van der Waals surface area contributed by atoms with Crippen molar-refractivity contribution < 1.29 is 14.6 Å². The van der Waals surface area contributed by atoms with Gasteiger partial charge in [0.1, 0.15) is 5.75 Å². The molecule has 104 valence electrons. The Bertz CT molecular complexity index is 464. The fourth-order valence-electron chi connectivity index (χ4n) is 3.02. The predicted octanol–water partition coefficient (Wildman–Crippen LogP) is 3.70. The molecule has 1 aliphatic carbocycles. The van der Waals surface area contributed by atoms with Crippen LogP contribution in [-0.4, -0.2) is 24.4 Å². The Morgan fingerprint density at radius 2 is 2.00 bits per heavy atom. The van der Waals surface area contributed by atoms with Crippen molar-refractivity contribution in [1.82, 2.24) is 0 Å². The smallest absolute Gasteiger partial charge is 0.314 e. The first-order valence-corrected chi connectivity index (χ1v) is 7.83. The second kappa shape index (κ2) is 5.87. The Morgan fingerprint density at radius 3 is 2.53 bits per heavy atom. The van der Waals surface area contributed by atoms with Gasteiger partial charge in [-0.25, -0.2) is 0 Å². The van der Waals surface area contributed by atoms with E-state index < -0.39 is 11.4 Å². The lowest BCUT2D eigenvalue weighted by atomic mass is 9.69. The summed E-state index contributed by atoms with van der Waals surface area (Å²) in [5.74, 6) is 0.0759. The molecule has 1 aliphatic rings. The van der Waals surface area contributed by atoms with Crippen molar-refractivity contribution in [2.75, 3.05) is 13.4 Å². The Balaban J connectivity index is 2.56. The minimum atomic E-state index is -0.731. The SMILES string of the molecule is COc1cccc(C2(C(=O)O)CCCCC2)c1SC. The average Bonchev–Trinajstić information content (AvgIpc) is 2.46. The molecule has 2 rings (SSSR count). The zero-order valence-electron chi connectivity index (χ0n) is 11.4. The topological polar surface area (TPSA) is 46.5 Å². The molecule has 0 saturated heterocycles. The maximum atomic E-state index is 11.9. The van der Waals surface area contributed by atoms with Crippen LogP contribution in [0.2, 0.25) is 0 Å². The molecule has 0 atom stereocenters. The van der Waals surface area contributed by atoms with Gasteiger partial charge in [-0.2, -0.15) is 0 Å². The number of hydrogen-bond acceptors (Lipinski definition) is 3. The van der Waals surface area contributed by atoms with E-state index in [9.17, 15) is 9.90 Å². The van der Waals surface area contributed by atoms with E-state index in [1.54, 1.807) is 18.9 Å². The van der Waals surface area contributed by atoms with Gasteiger partial charge in [0.2, 0.25) is 0 Å². The molecule has 0 bridgehead atoms. The lowest BCUT2D eigenvalue weighted by Gasteiger charge is -2.35. The summed E-state index contributed by atoms with van der Waals surface area (Å²) in [6, 6.07) is 5.74. The molecule has 0 heterocycles. The highest BCUT2D eigenvalue weighted by molar-refractivity contribution is 7.98. The minimum Gasteiger partial charge on any atom is -0.496 e. The average molecular weight is 280 g/mol. The Hall–Kier alpha value is -1.16. The first-order valence-electron chi connectivity index (χ1n) is 6.60. The van der Waals surface area contributed by atoms with E-state index in [1.807, 2.05) is 24.5 Å². The molecule has 4 heteroatoms. The van der Waals surface area contributed by atoms with Crippen LogP contribution in [0.15, 0.2) is 23.1 Å². The third kappa shape index (κ3) is 2.46. The minimum absolute atomic E-state index is 0.698. The second-order valence-corrected chi connectivity index (χ2v) is 5.81. The Kier molecular flexibility index (Phi) is 4.40. The first kappa shape index (κ1) is 14.3. The van der Waals surface area contributed by atoms with Crippen LogP contribution in [0.4, 0.5) is 0 Å². The van der Waals surface area contributed by atoms with Gasteiger partial charge < -0.3 is 9.84 Å². The molecular weight excluding hydrogens is 260 g/mol. The van der Waals surface area contributed by atoms with Gasteiger partial charge in [-0.15, -0.1) is 11.8 Å². The lowest BCUT2D eigenvalue weighted by molar-refractivity contribution is -0.145. The molecule has 1 aromatic rings. The van der Waals surface area contributed by atoms with Gasteiger partial charge in [0.25, 0.3) is 0 Å². The number of carboxylic acids is 1. The third-order valence-corrected chi connectivity index (χ3v) is 4.86. The number of rotatable bonds is 4. The van der Waals surface area contributed by atoms with Gasteiger partial charge in [0.15, 0.2) is 0 Å². The van der Waals surface area contributed by atoms with Crippen molar-refractivity contribution in [2.45, 2.75) is 42.4 Å². The monoisotopic (exact) mass is 280 g/mol. The van der Waals surface area contributed by atoms with Crippen LogP contribution in [0.1, 0.15) is 37.7 Å². The molecular formula is C15H20O3S. The number of carbonyl (C=O) groups is 1. The third-order valence-electron chi connectivity index (χ3n) is 4.04. The number of aliphatic carboxylic acids is 1. The second-order valence-electron chi connectivity index (χ2n) is 4.99. The van der Waals surface area contributed by atoms with E-state index in [4.69, 9.17) is 4.74 Å². The van der Waals surface area contributed by atoms with Crippen molar-refractivity contribution in [3.8, 4) is 5.75 Å². The highest BCUT2D eigenvalue weighted by atomic mass is 32.2. The highest BCUT2D eigenvalue weighted by Crippen LogP contribution is 2.45. The normalized spacial score (nSPS) is 18.0. The van der Waals surface area contributed by atoms with E-state index in [0.29, 0.717) is 0 Å². The van der Waals surface area contributed by atoms with Crippen molar-refractivity contribution in [3.05, 3.63) is 23.8 Å². The molecule has 1 fully saturated rings. The standard InChI is InChI=1S/C15H20O3S/c1-18-12-8-6-7-11(13(12)19-2)15(14(16)17)9-4-3-5-10-15/h6-8H,3-5,9-10H2,1-2H3,(H,16,17). The summed E-state index contributed by atoms with van der Waals surface area (Å²) in [4.78, 5) is 12.9. The summed E-state index contributed by atoms with van der Waals surface area (Å²) in [7, 11) is 1.63. The molecule has 0 spiro atoms. The summed E-state index contributed by atoms with van der Waals surface area (Å²) in [6.07, 6.45) is 6.52. The molecule has 0 aromatic heterocycles. The van der Waals surface area contributed by atoms with Gasteiger partial charge in [-0.3, -0.25) is 4.79 Å². The van der Waals surface area contributed by atoms with Crippen LogP contribution in [-0.2, 0) is 10.2 Å². The molecule has 1 saturated carbocycles. The largest absolute Gasteiger partial charge is 0.496 e. The number of ether oxygens (including phenoxy) is 1. The zero-order chi connectivity index (χ0) is 13.9. The number of benzene rings is 1. The molecule has 1 N–H and O–H groups in total. The van der Waals surface area contributed by atoms with Crippen molar-refractivity contribution in [1.29, 1.82) is 0 Å². The number of hydrogen-bond donors (Lipinski definition) is 1. The number of thioether (sulfide) groups is 1. The Labute approximate surface area is 118 Å². The maximum absolute atomic E-state index is 11.9. The Morgan fingerprint density at radius 1 is 1.32 bits per heavy atom. The predicted molar refractivity (Wildman–Crippen MR) is 77.2 cm³/mol. The van der Waals surface area contributed by atoms with Crippen molar-refractivity contribution in [3.63, 3.8) is 0 Å². The molecule has 0 aliphatic heterocycles. The molecule has 19 heavy (non-hydrogen) atoms. The molecule has 1 aromatic carbocycles. The van der Waals surface area contributed by atoms with E-state index in [0.717, 1.165) is 48.3 Å². The van der Waals surface area contributed by atoms with Crippen LogP contribution in [0, 0.1) is 0 Å². The first-order chi connectivity index (χ1) is 9.15. The fraction of sp³-hybridized carbons (Fsp3) is 0.533. The zero-order valence-corrected chi connectivity index (χ0v) is 12.3. The number of methoxy groups -OCH3 is 1. The molecule has 3 nitrogen and oxygen atoms in total. The summed E-state index contributed by atoms with van der Waals surface area (Å²) < 4.78 is 5.38.